The van der Waals surface area contributed by atoms with Gasteiger partial charge in [0.15, 0.2) is 5.78 Å². The van der Waals surface area contributed by atoms with Crippen LogP contribution in [-0.2, 0) is 23.8 Å². The molecule has 0 spiro atoms. The van der Waals surface area contributed by atoms with Crippen molar-refractivity contribution in [3.63, 3.8) is 0 Å². The van der Waals surface area contributed by atoms with Gasteiger partial charge in [-0.05, 0) is 52.0 Å². The Morgan fingerprint density at radius 1 is 0.875 bits per heavy atom. The largest absolute Gasteiger partial charge is 0.507 e. The minimum Gasteiger partial charge on any atom is -0.507 e. The average molecular weight is 432 g/mol. The maximum atomic E-state index is 13.1. The van der Waals surface area contributed by atoms with Gasteiger partial charge >= 0.3 is 0 Å². The van der Waals surface area contributed by atoms with Gasteiger partial charge in [0, 0.05) is 30.9 Å². The van der Waals surface area contributed by atoms with Crippen LogP contribution >= 0.6 is 0 Å². The minimum absolute atomic E-state index is 0.164. The van der Waals surface area contributed by atoms with Gasteiger partial charge in [-0.15, -0.1) is 0 Å². The number of benzene rings is 2. The molecule has 0 saturated heterocycles. The fraction of sp³-hybridized carbons (Fsp3) is 0.414. The lowest BCUT2D eigenvalue weighted by Crippen LogP contribution is -2.18. The molecule has 1 heterocycles. The van der Waals surface area contributed by atoms with Crippen molar-refractivity contribution in [3.8, 4) is 5.75 Å². The van der Waals surface area contributed by atoms with Crippen LogP contribution in [0.1, 0.15) is 86.1 Å². The molecule has 0 atom stereocenters. The molecule has 32 heavy (non-hydrogen) atoms. The van der Waals surface area contributed by atoms with Crippen LogP contribution in [0.25, 0.3) is 0 Å². The Morgan fingerprint density at radius 2 is 1.44 bits per heavy atom. The highest BCUT2D eigenvalue weighted by molar-refractivity contribution is 5.97. The van der Waals surface area contributed by atoms with Crippen molar-refractivity contribution in [3.05, 3.63) is 88.2 Å². The Labute approximate surface area is 193 Å². The fourth-order valence-electron chi connectivity index (χ4n) is 4.18. The van der Waals surface area contributed by atoms with E-state index in [1.165, 1.54) is 5.56 Å². The van der Waals surface area contributed by atoms with Gasteiger partial charge in [0.1, 0.15) is 5.75 Å². The number of aromatic nitrogens is 1. The second-order valence-corrected chi connectivity index (χ2v) is 11.0. The molecule has 0 aliphatic carbocycles. The second kappa shape index (κ2) is 8.97. The predicted octanol–water partition coefficient (Wildman–Crippen LogP) is 6.96. The van der Waals surface area contributed by atoms with Crippen LogP contribution in [0, 0.1) is 6.92 Å². The van der Waals surface area contributed by atoms with Gasteiger partial charge in [-0.1, -0.05) is 84.0 Å². The Hall–Kier alpha value is -2.81. The molecule has 3 nitrogen and oxygen atoms in total. The van der Waals surface area contributed by atoms with Crippen molar-refractivity contribution in [2.75, 3.05) is 0 Å². The van der Waals surface area contributed by atoms with Gasteiger partial charge in [0.2, 0.25) is 0 Å². The molecule has 1 aromatic heterocycles. The van der Waals surface area contributed by atoms with E-state index >= 15 is 0 Å². The molecule has 0 aliphatic heterocycles. The Morgan fingerprint density at radius 3 is 1.97 bits per heavy atom. The van der Waals surface area contributed by atoms with Crippen molar-refractivity contribution in [2.45, 2.75) is 78.7 Å². The van der Waals surface area contributed by atoms with Crippen LogP contribution in [-0.4, -0.2) is 15.5 Å². The third kappa shape index (κ3) is 5.51. The summed E-state index contributed by atoms with van der Waals surface area (Å²) in [5.74, 6) is 0.547. The van der Waals surface area contributed by atoms with E-state index in [4.69, 9.17) is 0 Å². The number of hydrogen-bond donors (Lipinski definition) is 1. The zero-order chi connectivity index (χ0) is 23.7. The summed E-state index contributed by atoms with van der Waals surface area (Å²) in [7, 11) is 0. The summed E-state index contributed by atoms with van der Waals surface area (Å²) in [6.45, 7) is 15.4. The first-order chi connectivity index (χ1) is 14.9. The molecule has 0 unspecified atom stereocenters. The van der Waals surface area contributed by atoms with E-state index in [1.807, 2.05) is 31.3 Å². The van der Waals surface area contributed by atoms with Crippen LogP contribution in [0.15, 0.2) is 54.9 Å². The highest BCUT2D eigenvalue weighted by atomic mass is 16.3. The number of hydrogen-bond acceptors (Lipinski definition) is 2. The molecule has 0 saturated carbocycles. The highest BCUT2D eigenvalue weighted by Crippen LogP contribution is 2.40. The van der Waals surface area contributed by atoms with Crippen molar-refractivity contribution in [1.82, 2.24) is 4.57 Å². The molecular weight excluding hydrogens is 394 g/mol. The Bertz CT molecular complexity index is 1060. The van der Waals surface area contributed by atoms with Gasteiger partial charge in [0.05, 0.1) is 0 Å². The van der Waals surface area contributed by atoms with Crippen LogP contribution in [0.4, 0.5) is 0 Å². The second-order valence-electron chi connectivity index (χ2n) is 11.0. The standard InChI is InChI=1S/C29H37NO2/c1-20-17-30(18-21-11-9-8-10-12-21)19-23(20)26(31)14-13-22-15-24(28(2,3)4)27(32)25(16-22)29(5,6)7/h8-12,15-17,19,32H,13-14,18H2,1-7H3. The minimum atomic E-state index is -0.171. The van der Waals surface area contributed by atoms with E-state index in [9.17, 15) is 9.90 Å². The summed E-state index contributed by atoms with van der Waals surface area (Å²) in [6.07, 6.45) is 5.14. The summed E-state index contributed by atoms with van der Waals surface area (Å²) in [6, 6.07) is 14.4. The number of ketones is 1. The van der Waals surface area contributed by atoms with Gasteiger partial charge in [-0.2, -0.15) is 0 Å². The van der Waals surface area contributed by atoms with E-state index < -0.39 is 0 Å². The first-order valence-corrected chi connectivity index (χ1v) is 11.5. The number of nitrogens with zero attached hydrogens (tertiary/aromatic N) is 1. The molecule has 2 aromatic carbocycles. The molecule has 3 heteroatoms. The van der Waals surface area contributed by atoms with Crippen LogP contribution < -0.4 is 0 Å². The maximum absolute atomic E-state index is 13.1. The van der Waals surface area contributed by atoms with Crippen molar-refractivity contribution < 1.29 is 9.90 Å². The smallest absolute Gasteiger partial charge is 0.164 e. The summed E-state index contributed by atoms with van der Waals surface area (Å²) in [4.78, 5) is 13.1. The number of aromatic hydroxyl groups is 1. The molecule has 0 bridgehead atoms. The van der Waals surface area contributed by atoms with E-state index in [-0.39, 0.29) is 16.6 Å². The summed E-state index contributed by atoms with van der Waals surface area (Å²) in [5, 5.41) is 10.9. The highest BCUT2D eigenvalue weighted by Gasteiger charge is 2.26. The molecule has 170 valence electrons. The first-order valence-electron chi connectivity index (χ1n) is 11.5. The number of Topliss-reactive ketones (excluding diaryl/α,β-unsaturated/α-hetero) is 1. The summed E-state index contributed by atoms with van der Waals surface area (Å²) in [5.41, 5.74) is 5.68. The zero-order valence-electron chi connectivity index (χ0n) is 20.6. The molecular formula is C29H37NO2. The summed E-state index contributed by atoms with van der Waals surface area (Å²) < 4.78 is 2.09. The molecule has 3 rings (SSSR count). The fourth-order valence-corrected chi connectivity index (χ4v) is 4.18. The Balaban J connectivity index is 1.80. The van der Waals surface area contributed by atoms with Gasteiger partial charge in [0.25, 0.3) is 0 Å². The van der Waals surface area contributed by atoms with E-state index in [2.05, 4.69) is 76.6 Å². The van der Waals surface area contributed by atoms with E-state index in [1.54, 1.807) is 0 Å². The maximum Gasteiger partial charge on any atom is 0.164 e. The molecule has 0 aliphatic rings. The lowest BCUT2D eigenvalue weighted by atomic mass is 9.78. The van der Waals surface area contributed by atoms with Crippen molar-refractivity contribution in [1.29, 1.82) is 0 Å². The van der Waals surface area contributed by atoms with E-state index in [0.29, 0.717) is 18.6 Å². The van der Waals surface area contributed by atoms with Crippen molar-refractivity contribution in [2.24, 2.45) is 0 Å². The van der Waals surface area contributed by atoms with E-state index in [0.717, 1.165) is 34.4 Å². The summed E-state index contributed by atoms with van der Waals surface area (Å²) >= 11 is 0. The van der Waals surface area contributed by atoms with Crippen LogP contribution in [0.3, 0.4) is 0 Å². The number of carbonyl (C=O) groups is 1. The normalized spacial score (nSPS) is 12.2. The van der Waals surface area contributed by atoms with Gasteiger partial charge in [-0.25, -0.2) is 0 Å². The topological polar surface area (TPSA) is 42.2 Å². The van der Waals surface area contributed by atoms with Crippen LogP contribution in [0.5, 0.6) is 5.75 Å². The van der Waals surface area contributed by atoms with Crippen LogP contribution in [0.2, 0.25) is 0 Å². The van der Waals surface area contributed by atoms with Gasteiger partial charge in [-0.3, -0.25) is 4.79 Å². The molecule has 0 radical (unpaired) electrons. The number of carbonyl (C=O) groups excluding carboxylic acids is 1. The molecule has 0 amide bonds. The monoisotopic (exact) mass is 431 g/mol. The Kier molecular flexibility index (Phi) is 6.69. The number of phenolic OH excluding ortho intramolecular Hbond substituents is 1. The quantitative estimate of drug-likeness (QED) is 0.429. The molecule has 3 aromatic rings. The molecule has 1 N–H and O–H groups in total. The average Bonchev–Trinajstić information content (AvgIpc) is 3.06. The number of aryl methyl sites for hydroxylation is 2. The van der Waals surface area contributed by atoms with Gasteiger partial charge < -0.3 is 9.67 Å². The zero-order valence-corrected chi connectivity index (χ0v) is 20.6. The SMILES string of the molecule is Cc1cn(Cc2ccccc2)cc1C(=O)CCc1cc(C(C)(C)C)c(O)c(C(C)(C)C)c1. The number of rotatable bonds is 6. The molecule has 0 fully saturated rings. The van der Waals surface area contributed by atoms with Crippen molar-refractivity contribution >= 4 is 5.78 Å². The lowest BCUT2D eigenvalue weighted by molar-refractivity contribution is 0.0982. The number of phenols is 1. The lowest BCUT2D eigenvalue weighted by Gasteiger charge is -2.28. The predicted molar refractivity (Wildman–Crippen MR) is 133 cm³/mol. The first kappa shape index (κ1) is 23.8. The third-order valence-electron chi connectivity index (χ3n) is 6.01. The third-order valence-corrected chi connectivity index (χ3v) is 6.01.